The number of benzene rings is 2. The molecule has 134 valence electrons. The molecule has 0 radical (unpaired) electrons. The molecule has 2 aromatic carbocycles. The molecule has 0 spiro atoms. The molecule has 0 saturated carbocycles. The van der Waals surface area contributed by atoms with E-state index in [2.05, 4.69) is 0 Å². The molecule has 1 heterocycles. The van der Waals surface area contributed by atoms with Crippen molar-refractivity contribution < 1.29 is 21.9 Å². The average molecular weight is 396 g/mol. The minimum atomic E-state index is -4.22. The maximum atomic E-state index is 12.3. The van der Waals surface area contributed by atoms with Crippen molar-refractivity contribution in [3.8, 4) is 5.75 Å². The van der Waals surface area contributed by atoms with E-state index >= 15 is 0 Å². The number of halogens is 1. The largest absolute Gasteiger partial charge is 0.423 e. The van der Waals surface area contributed by atoms with E-state index in [1.807, 2.05) is 0 Å². The van der Waals surface area contributed by atoms with Crippen molar-refractivity contribution in [1.82, 2.24) is 0 Å². The summed E-state index contributed by atoms with van der Waals surface area (Å²) >= 11 is 5.78. The molecule has 0 N–H and O–H groups in total. The minimum absolute atomic E-state index is 0.0780. The van der Waals surface area contributed by atoms with Gasteiger partial charge in [0.15, 0.2) is 0 Å². The molecule has 26 heavy (non-hydrogen) atoms. The molecule has 3 aromatic rings. The van der Waals surface area contributed by atoms with Crippen molar-refractivity contribution in [3.63, 3.8) is 0 Å². The van der Waals surface area contributed by atoms with Crippen LogP contribution < -0.4 is 9.81 Å². The van der Waals surface area contributed by atoms with Crippen LogP contribution >= 0.6 is 11.6 Å². The van der Waals surface area contributed by atoms with Crippen molar-refractivity contribution in [2.45, 2.75) is 10.8 Å². The first-order valence-corrected chi connectivity index (χ1v) is 9.06. The zero-order valence-electron chi connectivity index (χ0n) is 12.9. The van der Waals surface area contributed by atoms with Gasteiger partial charge >= 0.3 is 15.7 Å². The van der Waals surface area contributed by atoms with Gasteiger partial charge in [0.05, 0.1) is 4.92 Å². The minimum Gasteiger partial charge on any atom is -0.423 e. The third-order valence-electron chi connectivity index (χ3n) is 3.49. The molecule has 0 bridgehead atoms. The number of non-ortho nitro benzene ring substituents is 1. The van der Waals surface area contributed by atoms with Gasteiger partial charge in [-0.15, -0.1) is 11.6 Å². The number of alkyl halides is 1. The molecule has 0 unspecified atom stereocenters. The number of fused-ring (bicyclic) bond motifs is 1. The molecule has 0 aliphatic heterocycles. The van der Waals surface area contributed by atoms with Gasteiger partial charge in [0.2, 0.25) is 0 Å². The predicted octanol–water partition coefficient (Wildman–Crippen LogP) is 3.21. The lowest BCUT2D eigenvalue weighted by Crippen LogP contribution is -2.10. The molecule has 0 aliphatic carbocycles. The van der Waals surface area contributed by atoms with Crippen molar-refractivity contribution in [1.29, 1.82) is 0 Å². The topological polar surface area (TPSA) is 117 Å². The summed E-state index contributed by atoms with van der Waals surface area (Å²) in [5.41, 5.74) is -0.194. The fraction of sp³-hybridized carbons (Fsp3) is 0.0625. The number of hydrogen-bond donors (Lipinski definition) is 0. The second kappa shape index (κ2) is 6.77. The predicted molar refractivity (Wildman–Crippen MR) is 93.0 cm³/mol. The monoisotopic (exact) mass is 395 g/mol. The van der Waals surface area contributed by atoms with E-state index in [0.29, 0.717) is 10.9 Å². The summed E-state index contributed by atoms with van der Waals surface area (Å²) in [6.45, 7) is 0. The zero-order valence-corrected chi connectivity index (χ0v) is 14.5. The molecular weight excluding hydrogens is 386 g/mol. The highest BCUT2D eigenvalue weighted by Gasteiger charge is 2.19. The molecule has 8 nitrogen and oxygen atoms in total. The number of rotatable bonds is 5. The Morgan fingerprint density at radius 3 is 2.42 bits per heavy atom. The lowest BCUT2D eigenvalue weighted by atomic mass is 10.1. The number of nitro benzene ring substituents is 1. The summed E-state index contributed by atoms with van der Waals surface area (Å²) in [6, 6.07) is 9.68. The SMILES string of the molecule is O=c1cc(CCl)c2ccc(OS(=O)(=O)c3ccc([N+](=O)[O-])cc3)cc2o1. The van der Waals surface area contributed by atoms with Crippen LogP contribution in [-0.4, -0.2) is 13.3 Å². The molecule has 0 amide bonds. The quantitative estimate of drug-likeness (QED) is 0.214. The fourth-order valence-electron chi connectivity index (χ4n) is 2.28. The molecule has 1 aromatic heterocycles. The van der Waals surface area contributed by atoms with Crippen LogP contribution in [0.1, 0.15) is 5.56 Å². The van der Waals surface area contributed by atoms with Crippen LogP contribution in [0.3, 0.4) is 0 Å². The Morgan fingerprint density at radius 2 is 1.81 bits per heavy atom. The van der Waals surface area contributed by atoms with Gasteiger partial charge in [0.1, 0.15) is 16.2 Å². The van der Waals surface area contributed by atoms with E-state index in [9.17, 15) is 23.3 Å². The Morgan fingerprint density at radius 1 is 1.12 bits per heavy atom. The first kappa shape index (κ1) is 17.9. The Bertz CT molecular complexity index is 1150. The van der Waals surface area contributed by atoms with Crippen LogP contribution in [0.25, 0.3) is 11.0 Å². The summed E-state index contributed by atoms with van der Waals surface area (Å²) in [7, 11) is -4.22. The fourth-order valence-corrected chi connectivity index (χ4v) is 3.43. The van der Waals surface area contributed by atoms with Gasteiger partial charge in [-0.2, -0.15) is 8.42 Å². The lowest BCUT2D eigenvalue weighted by Gasteiger charge is -2.08. The summed E-state index contributed by atoms with van der Waals surface area (Å²) in [4.78, 5) is 21.3. The normalized spacial score (nSPS) is 11.4. The molecule has 0 fully saturated rings. The summed E-state index contributed by atoms with van der Waals surface area (Å²) < 4.78 is 34.7. The van der Waals surface area contributed by atoms with Gasteiger partial charge in [0.25, 0.3) is 5.69 Å². The Balaban J connectivity index is 1.96. The van der Waals surface area contributed by atoms with Gasteiger partial charge in [-0.05, 0) is 29.8 Å². The first-order valence-electron chi connectivity index (χ1n) is 7.12. The second-order valence-electron chi connectivity index (χ2n) is 5.17. The van der Waals surface area contributed by atoms with Crippen LogP contribution in [0, 0.1) is 10.1 Å². The highest BCUT2D eigenvalue weighted by molar-refractivity contribution is 7.87. The lowest BCUT2D eigenvalue weighted by molar-refractivity contribution is -0.384. The van der Waals surface area contributed by atoms with Gasteiger partial charge in [-0.25, -0.2) is 4.79 Å². The number of hydrogen-bond acceptors (Lipinski definition) is 7. The molecular formula is C16H10ClNO7S. The smallest absolute Gasteiger partial charge is 0.339 e. The Hall–Kier alpha value is -2.91. The van der Waals surface area contributed by atoms with Crippen molar-refractivity contribution in [3.05, 3.63) is 74.6 Å². The van der Waals surface area contributed by atoms with Crippen molar-refractivity contribution in [2.75, 3.05) is 0 Å². The third-order valence-corrected chi connectivity index (χ3v) is 5.04. The molecule has 10 heteroatoms. The molecule has 0 aliphatic rings. The van der Waals surface area contributed by atoms with Crippen LogP contribution in [0.2, 0.25) is 0 Å². The van der Waals surface area contributed by atoms with E-state index in [1.165, 1.54) is 24.3 Å². The van der Waals surface area contributed by atoms with E-state index in [0.717, 1.165) is 24.3 Å². The Kier molecular flexibility index (Phi) is 4.66. The highest BCUT2D eigenvalue weighted by Crippen LogP contribution is 2.26. The average Bonchev–Trinajstić information content (AvgIpc) is 2.60. The maximum Gasteiger partial charge on any atom is 0.339 e. The zero-order chi connectivity index (χ0) is 18.9. The summed E-state index contributed by atoms with van der Waals surface area (Å²) in [5.74, 6) is 0.00867. The van der Waals surface area contributed by atoms with E-state index in [1.54, 1.807) is 0 Å². The summed E-state index contributed by atoms with van der Waals surface area (Å²) in [6.07, 6.45) is 0. The van der Waals surface area contributed by atoms with E-state index in [-0.39, 0.29) is 27.8 Å². The maximum absolute atomic E-state index is 12.3. The van der Waals surface area contributed by atoms with Crippen molar-refractivity contribution in [2.24, 2.45) is 0 Å². The number of nitro groups is 1. The van der Waals surface area contributed by atoms with Crippen LogP contribution in [-0.2, 0) is 16.0 Å². The molecule has 0 saturated heterocycles. The Labute approximate surface area is 151 Å². The van der Waals surface area contributed by atoms with Crippen LogP contribution in [0.4, 0.5) is 5.69 Å². The van der Waals surface area contributed by atoms with Gasteiger partial charge in [-0.3, -0.25) is 10.1 Å². The van der Waals surface area contributed by atoms with Crippen molar-refractivity contribution >= 4 is 38.4 Å². The second-order valence-corrected chi connectivity index (χ2v) is 6.98. The molecule has 0 atom stereocenters. The van der Waals surface area contributed by atoms with Crippen LogP contribution in [0.15, 0.2) is 62.6 Å². The standard InChI is InChI=1S/C16H10ClNO7S/c17-9-10-7-16(19)24-15-8-12(3-6-14(10)15)25-26(22,23)13-4-1-11(2-5-13)18(20)21/h1-8H,9H2. The van der Waals surface area contributed by atoms with Gasteiger partial charge < -0.3 is 8.60 Å². The van der Waals surface area contributed by atoms with E-state index < -0.39 is 20.7 Å². The third kappa shape index (κ3) is 3.53. The van der Waals surface area contributed by atoms with Gasteiger partial charge in [-0.1, -0.05) is 0 Å². The first-order chi connectivity index (χ1) is 12.3. The highest BCUT2D eigenvalue weighted by atomic mass is 35.5. The number of nitrogens with zero attached hydrogens (tertiary/aromatic N) is 1. The molecule has 3 rings (SSSR count). The summed E-state index contributed by atoms with van der Waals surface area (Å²) in [5, 5.41) is 11.2. The van der Waals surface area contributed by atoms with Gasteiger partial charge in [0, 0.05) is 35.5 Å². The van der Waals surface area contributed by atoms with E-state index in [4.69, 9.17) is 20.2 Å². The van der Waals surface area contributed by atoms with Crippen LogP contribution in [0.5, 0.6) is 5.75 Å².